The molecule has 0 bridgehead atoms. The Kier molecular flexibility index (Phi) is 4.61. The molecule has 1 aromatic rings. The highest BCUT2D eigenvalue weighted by Crippen LogP contribution is 2.10. The lowest BCUT2D eigenvalue weighted by Crippen LogP contribution is -2.19. The zero-order valence-electron chi connectivity index (χ0n) is 9.29. The third-order valence-electron chi connectivity index (χ3n) is 2.20. The summed E-state index contributed by atoms with van der Waals surface area (Å²) in [6, 6.07) is 8.28. The molecule has 1 aromatic carbocycles. The molecule has 0 radical (unpaired) electrons. The van der Waals surface area contributed by atoms with Crippen molar-refractivity contribution >= 4 is 12.0 Å². The van der Waals surface area contributed by atoms with E-state index in [0.29, 0.717) is 6.54 Å². The molecule has 0 heterocycles. The average Bonchev–Trinajstić information content (AvgIpc) is 2.24. The maximum absolute atomic E-state index is 10.6. The summed E-state index contributed by atoms with van der Waals surface area (Å²) in [6.07, 6.45) is 5.05. The Morgan fingerprint density at radius 1 is 1.40 bits per heavy atom. The molecule has 2 nitrogen and oxygen atoms in total. The topological polar surface area (TPSA) is 29.1 Å². The highest BCUT2D eigenvalue weighted by Gasteiger charge is 1.94. The Balaban J connectivity index is 2.59. The Bertz CT molecular complexity index is 355. The second-order valence-electron chi connectivity index (χ2n) is 3.39. The van der Waals surface area contributed by atoms with E-state index >= 15 is 0 Å². The van der Waals surface area contributed by atoms with Gasteiger partial charge in [0.15, 0.2) is 0 Å². The Morgan fingerprint density at radius 3 is 2.80 bits per heavy atom. The quantitative estimate of drug-likeness (QED) is 0.800. The number of hydrogen-bond donors (Lipinski definition) is 1. The van der Waals surface area contributed by atoms with Gasteiger partial charge in [0.1, 0.15) is 0 Å². The molecule has 0 saturated carbocycles. The van der Waals surface area contributed by atoms with Crippen LogP contribution < -0.4 is 5.32 Å². The minimum absolute atomic E-state index is 0.00317. The second kappa shape index (κ2) is 6.02. The third-order valence-corrected chi connectivity index (χ3v) is 2.20. The van der Waals surface area contributed by atoms with Crippen molar-refractivity contribution in [2.75, 3.05) is 6.54 Å². The van der Waals surface area contributed by atoms with Gasteiger partial charge in [-0.25, -0.2) is 0 Å². The van der Waals surface area contributed by atoms with Crippen molar-refractivity contribution < 1.29 is 4.79 Å². The standard InChI is InChI=1S/C13H17NO/c1-3-12-7-4-5-8-13(12)9-6-10-14-11(2)15/h4-9H,3,10H2,1-2H3,(H,14,15). The van der Waals surface area contributed by atoms with Crippen molar-refractivity contribution in [1.82, 2.24) is 5.32 Å². The van der Waals surface area contributed by atoms with Gasteiger partial charge >= 0.3 is 0 Å². The molecule has 0 fully saturated rings. The summed E-state index contributed by atoms with van der Waals surface area (Å²) < 4.78 is 0. The number of hydrogen-bond acceptors (Lipinski definition) is 1. The first-order chi connectivity index (χ1) is 7.24. The molecular formula is C13H17NO. The third kappa shape index (κ3) is 3.98. The van der Waals surface area contributed by atoms with Gasteiger partial charge in [-0.1, -0.05) is 43.3 Å². The molecule has 0 atom stereocenters. The predicted molar refractivity (Wildman–Crippen MR) is 63.5 cm³/mol. The summed E-state index contributed by atoms with van der Waals surface area (Å²) in [7, 11) is 0. The lowest BCUT2D eigenvalue weighted by atomic mass is 10.1. The monoisotopic (exact) mass is 203 g/mol. The molecule has 1 amide bonds. The van der Waals surface area contributed by atoms with Crippen molar-refractivity contribution in [2.24, 2.45) is 0 Å². The first-order valence-corrected chi connectivity index (χ1v) is 5.23. The van der Waals surface area contributed by atoms with E-state index in [0.717, 1.165) is 6.42 Å². The summed E-state index contributed by atoms with van der Waals surface area (Å²) in [4.78, 5) is 10.6. The largest absolute Gasteiger partial charge is 0.353 e. The van der Waals surface area contributed by atoms with Gasteiger partial charge in [-0.15, -0.1) is 0 Å². The number of carbonyl (C=O) groups is 1. The molecule has 2 heteroatoms. The number of carbonyl (C=O) groups excluding carboxylic acids is 1. The normalized spacial score (nSPS) is 10.5. The number of aryl methyl sites for hydroxylation is 1. The lowest BCUT2D eigenvalue weighted by molar-refractivity contribution is -0.118. The van der Waals surface area contributed by atoms with Gasteiger partial charge in [0.25, 0.3) is 0 Å². The highest BCUT2D eigenvalue weighted by molar-refractivity contribution is 5.73. The van der Waals surface area contributed by atoms with Crippen LogP contribution in [0.3, 0.4) is 0 Å². The molecule has 0 unspecified atom stereocenters. The molecule has 0 saturated heterocycles. The van der Waals surface area contributed by atoms with Gasteiger partial charge in [0, 0.05) is 13.5 Å². The number of amides is 1. The van der Waals surface area contributed by atoms with Gasteiger partial charge in [-0.05, 0) is 17.5 Å². The molecule has 0 spiro atoms. The molecule has 80 valence electrons. The van der Waals surface area contributed by atoms with Crippen LogP contribution in [-0.2, 0) is 11.2 Å². The molecule has 0 aliphatic heterocycles. The predicted octanol–water partition coefficient (Wildman–Crippen LogP) is 2.40. The van der Waals surface area contributed by atoms with Gasteiger partial charge in [0.2, 0.25) is 5.91 Å². The van der Waals surface area contributed by atoms with Crippen LogP contribution in [-0.4, -0.2) is 12.5 Å². The van der Waals surface area contributed by atoms with Crippen molar-refractivity contribution in [1.29, 1.82) is 0 Å². The second-order valence-corrected chi connectivity index (χ2v) is 3.39. The molecule has 1 N–H and O–H groups in total. The van der Waals surface area contributed by atoms with Crippen molar-refractivity contribution in [3.8, 4) is 0 Å². The SMILES string of the molecule is CCc1ccccc1C=CCNC(C)=O. The van der Waals surface area contributed by atoms with Gasteiger partial charge in [-0.2, -0.15) is 0 Å². The van der Waals surface area contributed by atoms with Crippen molar-refractivity contribution in [2.45, 2.75) is 20.3 Å². The van der Waals surface area contributed by atoms with E-state index in [1.807, 2.05) is 18.2 Å². The van der Waals surface area contributed by atoms with Crippen LogP contribution in [0.4, 0.5) is 0 Å². The molecule has 1 rings (SSSR count). The van der Waals surface area contributed by atoms with E-state index in [1.165, 1.54) is 18.1 Å². The van der Waals surface area contributed by atoms with Crippen molar-refractivity contribution in [3.63, 3.8) is 0 Å². The minimum atomic E-state index is 0.00317. The first kappa shape index (κ1) is 11.5. The molecule has 0 aliphatic carbocycles. The highest BCUT2D eigenvalue weighted by atomic mass is 16.1. The molecular weight excluding hydrogens is 186 g/mol. The van der Waals surface area contributed by atoms with Crippen LogP contribution in [0.15, 0.2) is 30.3 Å². The van der Waals surface area contributed by atoms with Gasteiger partial charge < -0.3 is 5.32 Å². The smallest absolute Gasteiger partial charge is 0.217 e. The van der Waals surface area contributed by atoms with Crippen LogP contribution in [0.25, 0.3) is 6.08 Å². The summed E-state index contributed by atoms with van der Waals surface area (Å²) >= 11 is 0. The zero-order chi connectivity index (χ0) is 11.1. The van der Waals surface area contributed by atoms with Gasteiger partial charge in [0.05, 0.1) is 0 Å². The maximum Gasteiger partial charge on any atom is 0.217 e. The first-order valence-electron chi connectivity index (χ1n) is 5.23. The molecule has 0 aromatic heterocycles. The fourth-order valence-corrected chi connectivity index (χ4v) is 1.41. The van der Waals surface area contributed by atoms with Crippen LogP contribution in [0.2, 0.25) is 0 Å². The van der Waals surface area contributed by atoms with Crippen LogP contribution in [0.1, 0.15) is 25.0 Å². The molecule has 15 heavy (non-hydrogen) atoms. The number of nitrogens with one attached hydrogen (secondary N) is 1. The van der Waals surface area contributed by atoms with Crippen LogP contribution in [0.5, 0.6) is 0 Å². The van der Waals surface area contributed by atoms with Crippen LogP contribution >= 0.6 is 0 Å². The van der Waals surface area contributed by atoms with E-state index in [-0.39, 0.29) is 5.91 Å². The van der Waals surface area contributed by atoms with E-state index < -0.39 is 0 Å². The maximum atomic E-state index is 10.6. The summed E-state index contributed by atoms with van der Waals surface area (Å²) in [5.74, 6) is 0.00317. The lowest BCUT2D eigenvalue weighted by Gasteiger charge is -2.02. The van der Waals surface area contributed by atoms with Crippen LogP contribution in [0, 0.1) is 0 Å². The van der Waals surface area contributed by atoms with Gasteiger partial charge in [-0.3, -0.25) is 4.79 Å². The minimum Gasteiger partial charge on any atom is -0.353 e. The van der Waals surface area contributed by atoms with E-state index in [4.69, 9.17) is 0 Å². The molecule has 0 aliphatic rings. The van der Waals surface area contributed by atoms with Crippen molar-refractivity contribution in [3.05, 3.63) is 41.5 Å². The summed E-state index contributed by atoms with van der Waals surface area (Å²) in [6.45, 7) is 4.25. The fraction of sp³-hybridized carbons (Fsp3) is 0.308. The number of rotatable bonds is 4. The van der Waals surface area contributed by atoms with E-state index in [1.54, 1.807) is 0 Å². The zero-order valence-corrected chi connectivity index (χ0v) is 9.29. The van der Waals surface area contributed by atoms with E-state index in [2.05, 4.69) is 30.4 Å². The Labute approximate surface area is 91.0 Å². The fourth-order valence-electron chi connectivity index (χ4n) is 1.41. The Hall–Kier alpha value is -1.57. The average molecular weight is 203 g/mol. The Morgan fingerprint density at radius 2 is 2.13 bits per heavy atom. The number of benzene rings is 1. The van der Waals surface area contributed by atoms with E-state index in [9.17, 15) is 4.79 Å². The summed E-state index contributed by atoms with van der Waals surface area (Å²) in [5, 5.41) is 2.73. The summed E-state index contributed by atoms with van der Waals surface area (Å²) in [5.41, 5.74) is 2.56.